The van der Waals surface area contributed by atoms with Crippen molar-refractivity contribution in [2.24, 2.45) is 23.7 Å². The predicted octanol–water partition coefficient (Wildman–Crippen LogP) is -0.000200. The summed E-state index contributed by atoms with van der Waals surface area (Å²) in [6.07, 6.45) is 6.32. The minimum Gasteiger partial charge on any atom is -0.379 e. The van der Waals surface area contributed by atoms with Gasteiger partial charge >= 0.3 is 0 Å². The Kier molecular flexibility index (Phi) is 9.01. The Balaban J connectivity index is 1.06. The number of nitrogens with two attached hydrogens (primary N) is 1. The van der Waals surface area contributed by atoms with Crippen LogP contribution < -0.4 is 10.6 Å². The average molecular weight is 564 g/mol. The lowest BCUT2D eigenvalue weighted by Crippen LogP contribution is -2.99. The number of morpholine rings is 1. The Morgan fingerprint density at radius 1 is 1.07 bits per heavy atom. The van der Waals surface area contributed by atoms with Crippen molar-refractivity contribution in [1.29, 1.82) is 0 Å². The molecule has 0 aromatic rings. The van der Waals surface area contributed by atoms with Crippen LogP contribution in [0, 0.1) is 23.7 Å². The quantitative estimate of drug-likeness (QED) is 0.381. The largest absolute Gasteiger partial charge is 0.379 e. The third-order valence-corrected chi connectivity index (χ3v) is 11.2. The Bertz CT molecular complexity index is 901. The number of hydrogen-bond donors (Lipinski definition) is 2. The first-order valence-electron chi connectivity index (χ1n) is 16.0. The van der Waals surface area contributed by atoms with E-state index in [1.165, 1.54) is 0 Å². The maximum absolute atomic E-state index is 14.2. The molecule has 6 rings (SSSR count). The van der Waals surface area contributed by atoms with E-state index in [0.717, 1.165) is 84.3 Å². The SMILES string of the molecule is COC1CCC2C3[NH2+]CCC4C5CC(OC(C)C(=O)NCCCN6CCOCC6)CCC5N(C(=O)C2C1OC)C43. The zero-order chi connectivity index (χ0) is 27.8. The van der Waals surface area contributed by atoms with Crippen LogP contribution in [0.15, 0.2) is 0 Å². The van der Waals surface area contributed by atoms with Gasteiger partial charge in [0.1, 0.15) is 12.1 Å². The molecule has 10 heteroatoms. The molecular weight excluding hydrogens is 512 g/mol. The van der Waals surface area contributed by atoms with Gasteiger partial charge in [-0.25, -0.2) is 0 Å². The normalized spacial score (nSPS) is 42.1. The van der Waals surface area contributed by atoms with Crippen LogP contribution in [-0.2, 0) is 28.5 Å². The molecule has 226 valence electrons. The second kappa shape index (κ2) is 12.5. The first kappa shape index (κ1) is 28.8. The van der Waals surface area contributed by atoms with Gasteiger partial charge in [0.15, 0.2) is 0 Å². The van der Waals surface area contributed by atoms with Crippen molar-refractivity contribution in [3.8, 4) is 0 Å². The lowest BCUT2D eigenvalue weighted by atomic mass is 9.64. The summed E-state index contributed by atoms with van der Waals surface area (Å²) in [5, 5.41) is 5.62. The molecule has 0 bridgehead atoms. The third-order valence-electron chi connectivity index (χ3n) is 11.2. The number of carbonyl (C=O) groups is 2. The van der Waals surface area contributed by atoms with Gasteiger partial charge in [-0.3, -0.25) is 14.5 Å². The maximum atomic E-state index is 14.2. The zero-order valence-corrected chi connectivity index (χ0v) is 24.7. The second-order valence-electron chi connectivity index (χ2n) is 13.1. The van der Waals surface area contributed by atoms with Crippen LogP contribution in [0.4, 0.5) is 0 Å². The fourth-order valence-electron chi connectivity index (χ4n) is 9.46. The van der Waals surface area contributed by atoms with E-state index in [4.69, 9.17) is 18.9 Å². The number of nitrogens with one attached hydrogen (secondary N) is 1. The molecule has 40 heavy (non-hydrogen) atoms. The zero-order valence-electron chi connectivity index (χ0n) is 24.7. The summed E-state index contributed by atoms with van der Waals surface area (Å²) in [4.78, 5) is 31.7. The lowest BCUT2D eigenvalue weighted by molar-refractivity contribution is -0.713. The van der Waals surface area contributed by atoms with E-state index < -0.39 is 6.10 Å². The fraction of sp³-hybridized carbons (Fsp3) is 0.933. The van der Waals surface area contributed by atoms with Crippen LogP contribution >= 0.6 is 0 Å². The number of piperidine rings is 2. The molecule has 2 aliphatic carbocycles. The fourth-order valence-corrected chi connectivity index (χ4v) is 9.46. The molecule has 4 saturated heterocycles. The van der Waals surface area contributed by atoms with Crippen LogP contribution in [0.2, 0.25) is 0 Å². The molecule has 6 aliphatic rings. The number of quaternary nitrogens is 1. The number of nitrogens with zero attached hydrogens (tertiary/aromatic N) is 2. The lowest BCUT2D eigenvalue weighted by Gasteiger charge is -2.53. The second-order valence-corrected chi connectivity index (χ2v) is 13.1. The summed E-state index contributed by atoms with van der Waals surface area (Å²) in [6, 6.07) is 1.05. The highest BCUT2D eigenvalue weighted by Gasteiger charge is 2.66. The van der Waals surface area contributed by atoms with Crippen LogP contribution in [0.25, 0.3) is 0 Å². The van der Waals surface area contributed by atoms with Gasteiger partial charge in [0.25, 0.3) is 0 Å². The van der Waals surface area contributed by atoms with Crippen molar-refractivity contribution in [1.82, 2.24) is 15.1 Å². The predicted molar refractivity (Wildman–Crippen MR) is 147 cm³/mol. The van der Waals surface area contributed by atoms with E-state index >= 15 is 0 Å². The number of amides is 2. The van der Waals surface area contributed by atoms with Gasteiger partial charge in [0, 0.05) is 52.2 Å². The molecule has 0 spiro atoms. The van der Waals surface area contributed by atoms with Crippen LogP contribution in [0.1, 0.15) is 51.9 Å². The van der Waals surface area contributed by atoms with Gasteiger partial charge in [0.2, 0.25) is 11.8 Å². The van der Waals surface area contributed by atoms with Crippen LogP contribution in [0.3, 0.4) is 0 Å². The smallest absolute Gasteiger partial charge is 0.248 e. The molecule has 11 atom stereocenters. The van der Waals surface area contributed by atoms with E-state index in [-0.39, 0.29) is 36.2 Å². The Morgan fingerprint density at radius 3 is 2.67 bits per heavy atom. The van der Waals surface area contributed by atoms with E-state index in [0.29, 0.717) is 42.3 Å². The summed E-state index contributed by atoms with van der Waals surface area (Å²) in [5.74, 6) is 1.51. The van der Waals surface area contributed by atoms with E-state index in [9.17, 15) is 9.59 Å². The van der Waals surface area contributed by atoms with Gasteiger partial charge < -0.3 is 34.5 Å². The molecule has 0 aromatic heterocycles. The molecule has 4 aliphatic heterocycles. The number of hydrogen-bond acceptors (Lipinski definition) is 7. The van der Waals surface area contributed by atoms with Gasteiger partial charge in [-0.15, -0.1) is 0 Å². The van der Waals surface area contributed by atoms with Gasteiger partial charge in [0.05, 0.1) is 50.0 Å². The van der Waals surface area contributed by atoms with Crippen molar-refractivity contribution >= 4 is 11.8 Å². The third kappa shape index (κ3) is 5.33. The number of fused-ring (bicyclic) bond motifs is 5. The van der Waals surface area contributed by atoms with Crippen molar-refractivity contribution in [3.63, 3.8) is 0 Å². The summed E-state index contributed by atoms with van der Waals surface area (Å²) in [5.41, 5.74) is 0. The monoisotopic (exact) mass is 563 g/mol. The first-order chi connectivity index (χ1) is 19.5. The summed E-state index contributed by atoms with van der Waals surface area (Å²) < 4.78 is 23.5. The van der Waals surface area contributed by atoms with E-state index in [1.54, 1.807) is 14.2 Å². The summed E-state index contributed by atoms with van der Waals surface area (Å²) >= 11 is 0. The van der Waals surface area contributed by atoms with Gasteiger partial charge in [-0.05, 0) is 63.8 Å². The minimum absolute atomic E-state index is 0.0133. The molecule has 2 saturated carbocycles. The topological polar surface area (TPSA) is 106 Å². The molecule has 10 nitrogen and oxygen atoms in total. The van der Waals surface area contributed by atoms with Crippen LogP contribution in [-0.4, -0.2) is 124 Å². The maximum Gasteiger partial charge on any atom is 0.248 e. The highest BCUT2D eigenvalue weighted by atomic mass is 16.5. The summed E-state index contributed by atoms with van der Waals surface area (Å²) in [7, 11) is 3.48. The molecule has 11 unspecified atom stereocenters. The van der Waals surface area contributed by atoms with E-state index in [1.807, 2.05) is 6.92 Å². The number of ether oxygens (including phenoxy) is 4. The Morgan fingerprint density at radius 2 is 1.90 bits per heavy atom. The summed E-state index contributed by atoms with van der Waals surface area (Å²) in [6.45, 7) is 8.23. The minimum atomic E-state index is -0.459. The molecule has 0 radical (unpaired) electrons. The Hall–Kier alpha value is -1.30. The average Bonchev–Trinajstić information content (AvgIpc) is 3.32. The molecular formula is C30H51N4O6+. The highest BCUT2D eigenvalue weighted by Crippen LogP contribution is 2.53. The molecule has 0 aromatic carbocycles. The van der Waals surface area contributed by atoms with E-state index in [2.05, 4.69) is 20.4 Å². The Labute approximate surface area is 239 Å². The van der Waals surface area contributed by atoms with Crippen molar-refractivity contribution < 1.29 is 33.9 Å². The number of methoxy groups -OCH3 is 2. The van der Waals surface area contributed by atoms with Crippen LogP contribution in [0.5, 0.6) is 0 Å². The van der Waals surface area contributed by atoms with Crippen molar-refractivity contribution in [2.45, 2.75) is 94.4 Å². The standard InChI is InChI=1S/C30H50N4O6/c1-18(29(35)32-10-4-12-33-13-15-39-16-14-33)40-19-5-7-23-22(17-19)20-9-11-31-26-21-6-8-24(37-2)28(38-3)25(21)30(36)34(23)27(20)26/h18-28,31H,4-17H2,1-3H3,(H,32,35)/p+1. The van der Waals surface area contributed by atoms with Crippen molar-refractivity contribution in [2.75, 3.05) is 60.2 Å². The highest BCUT2D eigenvalue weighted by molar-refractivity contribution is 5.82. The van der Waals surface area contributed by atoms with Crippen molar-refractivity contribution in [3.05, 3.63) is 0 Å². The number of carbonyl (C=O) groups excluding carboxylic acids is 2. The van der Waals surface area contributed by atoms with Gasteiger partial charge in [-0.1, -0.05) is 0 Å². The molecule has 6 fully saturated rings. The van der Waals surface area contributed by atoms with Gasteiger partial charge in [-0.2, -0.15) is 0 Å². The molecule has 3 N–H and O–H groups in total. The first-order valence-corrected chi connectivity index (χ1v) is 16.0. The molecule has 4 heterocycles. The number of rotatable bonds is 9. The molecule has 2 amide bonds.